The lowest BCUT2D eigenvalue weighted by Gasteiger charge is -2.07. The molecule has 0 spiro atoms. The van der Waals surface area contributed by atoms with Gasteiger partial charge in [0, 0.05) is 16.5 Å². The van der Waals surface area contributed by atoms with Crippen molar-refractivity contribution in [3.8, 4) is 17.3 Å². The Kier molecular flexibility index (Phi) is 4.78. The van der Waals surface area contributed by atoms with Crippen LogP contribution in [0.5, 0.6) is 5.88 Å². The van der Waals surface area contributed by atoms with Gasteiger partial charge < -0.3 is 4.74 Å². The molecule has 0 saturated heterocycles. The van der Waals surface area contributed by atoms with Crippen molar-refractivity contribution in [2.24, 2.45) is 0 Å². The third-order valence-corrected chi connectivity index (χ3v) is 4.64. The summed E-state index contributed by atoms with van der Waals surface area (Å²) in [5, 5.41) is 0. The number of rotatable bonds is 5. The minimum atomic E-state index is -1.16. The summed E-state index contributed by atoms with van der Waals surface area (Å²) in [5.74, 6) is 1.37. The molecule has 4 nitrogen and oxygen atoms in total. The molecular weight excluding hydrogens is 308 g/mol. The van der Waals surface area contributed by atoms with E-state index in [0.717, 1.165) is 10.5 Å². The van der Waals surface area contributed by atoms with Gasteiger partial charge in [0.2, 0.25) is 5.88 Å². The molecular formula is C18H16N2O2S. The number of methoxy groups -OCH3 is 1. The zero-order chi connectivity index (χ0) is 16.1. The minimum Gasteiger partial charge on any atom is -0.481 e. The summed E-state index contributed by atoms with van der Waals surface area (Å²) in [6, 6.07) is 20.8. The second-order valence-corrected chi connectivity index (χ2v) is 6.35. The van der Waals surface area contributed by atoms with Gasteiger partial charge in [0.1, 0.15) is 0 Å². The van der Waals surface area contributed by atoms with E-state index in [-0.39, 0.29) is 0 Å². The Morgan fingerprint density at radius 2 is 1.61 bits per heavy atom. The molecule has 116 valence electrons. The predicted molar refractivity (Wildman–Crippen MR) is 90.6 cm³/mol. The number of ether oxygens (including phenoxy) is 1. The number of aromatic nitrogens is 2. The van der Waals surface area contributed by atoms with Gasteiger partial charge in [-0.15, -0.1) is 0 Å². The van der Waals surface area contributed by atoms with Crippen LogP contribution >= 0.6 is 0 Å². The summed E-state index contributed by atoms with van der Waals surface area (Å²) in [6.07, 6.45) is 0. The Balaban J connectivity index is 1.92. The van der Waals surface area contributed by atoms with E-state index in [2.05, 4.69) is 9.97 Å². The van der Waals surface area contributed by atoms with E-state index in [1.807, 2.05) is 60.7 Å². The normalized spacial score (nSPS) is 11.9. The molecule has 3 rings (SSSR count). The lowest BCUT2D eigenvalue weighted by molar-refractivity contribution is 0.397. The highest BCUT2D eigenvalue weighted by atomic mass is 32.2. The smallest absolute Gasteiger partial charge is 0.216 e. The molecule has 1 atom stereocenters. The third-order valence-electron chi connectivity index (χ3n) is 3.28. The van der Waals surface area contributed by atoms with E-state index in [9.17, 15) is 4.21 Å². The van der Waals surface area contributed by atoms with Crippen LogP contribution in [0, 0.1) is 0 Å². The molecule has 0 saturated carbocycles. The molecule has 0 aliphatic rings. The first-order valence-electron chi connectivity index (χ1n) is 7.17. The summed E-state index contributed by atoms with van der Waals surface area (Å²) < 4.78 is 17.7. The van der Waals surface area contributed by atoms with Crippen molar-refractivity contribution in [1.29, 1.82) is 0 Å². The molecule has 0 N–H and O–H groups in total. The zero-order valence-electron chi connectivity index (χ0n) is 12.7. The van der Waals surface area contributed by atoms with Gasteiger partial charge in [0.15, 0.2) is 5.82 Å². The van der Waals surface area contributed by atoms with Crippen molar-refractivity contribution < 1.29 is 8.95 Å². The van der Waals surface area contributed by atoms with E-state index in [0.29, 0.717) is 23.2 Å². The van der Waals surface area contributed by atoms with Crippen LogP contribution in [-0.2, 0) is 16.6 Å². The Labute approximate surface area is 137 Å². The average molecular weight is 324 g/mol. The molecule has 1 unspecified atom stereocenters. The van der Waals surface area contributed by atoms with E-state index in [1.165, 1.54) is 0 Å². The Morgan fingerprint density at radius 1 is 0.957 bits per heavy atom. The molecule has 0 amide bonds. The van der Waals surface area contributed by atoms with Crippen LogP contribution in [0.25, 0.3) is 11.4 Å². The van der Waals surface area contributed by atoms with Crippen molar-refractivity contribution >= 4 is 10.8 Å². The van der Waals surface area contributed by atoms with E-state index in [4.69, 9.17) is 4.74 Å². The third kappa shape index (κ3) is 3.81. The van der Waals surface area contributed by atoms with Crippen LogP contribution in [0.15, 0.2) is 71.6 Å². The monoisotopic (exact) mass is 324 g/mol. The molecule has 1 heterocycles. The molecule has 0 fully saturated rings. The van der Waals surface area contributed by atoms with Crippen LogP contribution in [0.3, 0.4) is 0 Å². The molecule has 0 bridgehead atoms. The van der Waals surface area contributed by atoms with Crippen molar-refractivity contribution in [1.82, 2.24) is 9.97 Å². The standard InChI is InChI=1S/C18H16N2O2S/c1-22-17-12-15(13-23(21)16-10-6-3-7-11-16)19-18(20-17)14-8-4-2-5-9-14/h2-12H,13H2,1H3. The second kappa shape index (κ2) is 7.15. The second-order valence-electron chi connectivity index (χ2n) is 4.89. The van der Waals surface area contributed by atoms with Gasteiger partial charge in [0.05, 0.1) is 29.4 Å². The Hall–Kier alpha value is -2.53. The number of hydrogen-bond donors (Lipinski definition) is 0. The number of benzene rings is 2. The van der Waals surface area contributed by atoms with Gasteiger partial charge in [0.25, 0.3) is 0 Å². The molecule has 5 heteroatoms. The fraction of sp³-hybridized carbons (Fsp3) is 0.111. The molecule has 0 aliphatic carbocycles. The fourth-order valence-corrected chi connectivity index (χ4v) is 3.20. The summed E-state index contributed by atoms with van der Waals surface area (Å²) in [4.78, 5) is 9.69. The molecule has 0 radical (unpaired) electrons. The Bertz CT molecular complexity index is 808. The Morgan fingerprint density at radius 3 is 2.26 bits per heavy atom. The highest BCUT2D eigenvalue weighted by molar-refractivity contribution is 7.84. The summed E-state index contributed by atoms with van der Waals surface area (Å²) >= 11 is 0. The van der Waals surface area contributed by atoms with Crippen molar-refractivity contribution in [3.63, 3.8) is 0 Å². The topological polar surface area (TPSA) is 52.1 Å². The summed E-state index contributed by atoms with van der Waals surface area (Å²) in [5.41, 5.74) is 1.59. The average Bonchev–Trinajstić information content (AvgIpc) is 2.63. The summed E-state index contributed by atoms with van der Waals surface area (Å²) in [7, 11) is 0.409. The SMILES string of the molecule is COc1cc(CS(=O)c2ccccc2)nc(-c2ccccc2)n1. The number of nitrogens with zero attached hydrogens (tertiary/aromatic N) is 2. The van der Waals surface area contributed by atoms with E-state index < -0.39 is 10.8 Å². The quantitative estimate of drug-likeness (QED) is 0.721. The molecule has 1 aromatic heterocycles. The maximum Gasteiger partial charge on any atom is 0.216 e. The van der Waals surface area contributed by atoms with Crippen molar-refractivity contribution in [3.05, 3.63) is 72.4 Å². The first-order chi connectivity index (χ1) is 11.3. The highest BCUT2D eigenvalue weighted by Crippen LogP contribution is 2.20. The lowest BCUT2D eigenvalue weighted by atomic mass is 10.2. The predicted octanol–water partition coefficient (Wildman–Crippen LogP) is 3.46. The fourth-order valence-electron chi connectivity index (χ4n) is 2.16. The van der Waals surface area contributed by atoms with Gasteiger partial charge in [-0.1, -0.05) is 48.5 Å². The van der Waals surface area contributed by atoms with Crippen LogP contribution in [0.1, 0.15) is 5.69 Å². The van der Waals surface area contributed by atoms with Gasteiger partial charge in [-0.3, -0.25) is 4.21 Å². The lowest BCUT2D eigenvalue weighted by Crippen LogP contribution is -2.03. The number of hydrogen-bond acceptors (Lipinski definition) is 4. The van der Waals surface area contributed by atoms with Gasteiger partial charge >= 0.3 is 0 Å². The van der Waals surface area contributed by atoms with Crippen LogP contribution in [0.2, 0.25) is 0 Å². The molecule has 0 aliphatic heterocycles. The zero-order valence-corrected chi connectivity index (χ0v) is 13.5. The van der Waals surface area contributed by atoms with Gasteiger partial charge in [-0.05, 0) is 12.1 Å². The molecule has 23 heavy (non-hydrogen) atoms. The van der Waals surface area contributed by atoms with Crippen LogP contribution in [0.4, 0.5) is 0 Å². The largest absolute Gasteiger partial charge is 0.481 e. The van der Waals surface area contributed by atoms with Gasteiger partial charge in [-0.25, -0.2) is 4.98 Å². The van der Waals surface area contributed by atoms with Gasteiger partial charge in [-0.2, -0.15) is 4.98 Å². The maximum atomic E-state index is 12.5. The van der Waals surface area contributed by atoms with Crippen molar-refractivity contribution in [2.45, 2.75) is 10.6 Å². The first-order valence-corrected chi connectivity index (χ1v) is 8.49. The van der Waals surface area contributed by atoms with E-state index >= 15 is 0 Å². The molecule has 3 aromatic rings. The first kappa shape index (κ1) is 15.4. The maximum absolute atomic E-state index is 12.5. The minimum absolute atomic E-state index is 0.322. The van der Waals surface area contributed by atoms with Crippen LogP contribution in [-0.4, -0.2) is 21.3 Å². The molecule has 2 aromatic carbocycles. The van der Waals surface area contributed by atoms with Crippen molar-refractivity contribution in [2.75, 3.05) is 7.11 Å². The highest BCUT2D eigenvalue weighted by Gasteiger charge is 2.11. The van der Waals surface area contributed by atoms with Crippen LogP contribution < -0.4 is 4.74 Å². The summed E-state index contributed by atoms with van der Waals surface area (Å²) in [6.45, 7) is 0. The van der Waals surface area contributed by atoms with E-state index in [1.54, 1.807) is 13.2 Å².